The minimum absolute atomic E-state index is 0.00623. The lowest BCUT2D eigenvalue weighted by Crippen LogP contribution is -2.34. The van der Waals surface area contributed by atoms with Gasteiger partial charge in [-0.2, -0.15) is 0 Å². The first-order valence-electron chi connectivity index (χ1n) is 9.20. The Balaban J connectivity index is 1.24. The summed E-state index contributed by atoms with van der Waals surface area (Å²) in [6.07, 6.45) is 2.99. The van der Waals surface area contributed by atoms with Crippen molar-refractivity contribution in [2.24, 2.45) is 0 Å². The maximum Gasteiger partial charge on any atom is 0.316 e. The zero-order valence-electron chi connectivity index (χ0n) is 15.2. The zero-order valence-corrected chi connectivity index (χ0v) is 16.9. The van der Waals surface area contributed by atoms with E-state index in [0.717, 1.165) is 33.8 Å². The molecular formula is C21H20N2O3S2. The fourth-order valence-electron chi connectivity index (χ4n) is 3.36. The van der Waals surface area contributed by atoms with Crippen LogP contribution in [0.3, 0.4) is 0 Å². The van der Waals surface area contributed by atoms with Crippen LogP contribution >= 0.6 is 23.1 Å². The number of carbonyl (C=O) groups excluding carboxylic acids is 2. The van der Waals surface area contributed by atoms with Crippen molar-refractivity contribution >= 4 is 45.2 Å². The van der Waals surface area contributed by atoms with Crippen LogP contribution in [-0.4, -0.2) is 29.2 Å². The molecule has 1 aliphatic rings. The molecule has 1 amide bonds. The van der Waals surface area contributed by atoms with Crippen molar-refractivity contribution in [2.75, 3.05) is 12.4 Å². The maximum absolute atomic E-state index is 12.2. The molecule has 1 unspecified atom stereocenters. The molecule has 1 heterocycles. The first-order chi connectivity index (χ1) is 13.7. The number of carbonyl (C=O) groups is 2. The molecule has 1 aliphatic carbocycles. The second-order valence-electron chi connectivity index (χ2n) is 6.61. The van der Waals surface area contributed by atoms with E-state index in [1.54, 1.807) is 11.3 Å². The lowest BCUT2D eigenvalue weighted by molar-refractivity contribution is -0.146. The number of thiazole rings is 1. The van der Waals surface area contributed by atoms with Gasteiger partial charge in [-0.3, -0.25) is 9.59 Å². The number of nitrogens with zero attached hydrogens (tertiary/aromatic N) is 1. The van der Waals surface area contributed by atoms with E-state index in [-0.39, 0.29) is 24.3 Å². The van der Waals surface area contributed by atoms with Gasteiger partial charge in [-0.05, 0) is 42.5 Å². The summed E-state index contributed by atoms with van der Waals surface area (Å²) in [5, 5.41) is 2.99. The van der Waals surface area contributed by atoms with E-state index < -0.39 is 5.97 Å². The van der Waals surface area contributed by atoms with E-state index in [1.807, 2.05) is 36.4 Å². The summed E-state index contributed by atoms with van der Waals surface area (Å²) in [4.78, 5) is 28.7. The number of para-hydroxylation sites is 1. The van der Waals surface area contributed by atoms with E-state index in [9.17, 15) is 9.59 Å². The number of hydrogen-bond donors (Lipinski definition) is 1. The molecule has 3 aromatic rings. The van der Waals surface area contributed by atoms with Gasteiger partial charge in [-0.1, -0.05) is 48.2 Å². The number of amides is 1. The SMILES string of the molecule is O=C(COC(=O)CSc1nc2ccccc2s1)NC1CCCc2ccccc21. The number of benzene rings is 2. The lowest BCUT2D eigenvalue weighted by Gasteiger charge is -2.26. The second kappa shape index (κ2) is 8.75. The third-order valence-electron chi connectivity index (χ3n) is 4.66. The molecule has 0 saturated carbocycles. The first kappa shape index (κ1) is 19.0. The van der Waals surface area contributed by atoms with Gasteiger partial charge in [0.1, 0.15) is 0 Å². The predicted molar refractivity (Wildman–Crippen MR) is 112 cm³/mol. The quantitative estimate of drug-likeness (QED) is 0.487. The smallest absolute Gasteiger partial charge is 0.316 e. The van der Waals surface area contributed by atoms with Gasteiger partial charge < -0.3 is 10.1 Å². The molecule has 0 radical (unpaired) electrons. The zero-order chi connectivity index (χ0) is 19.3. The largest absolute Gasteiger partial charge is 0.455 e. The fraction of sp³-hybridized carbons (Fsp3) is 0.286. The Labute approximate surface area is 171 Å². The molecule has 7 heteroatoms. The summed E-state index contributed by atoms with van der Waals surface area (Å²) in [5.74, 6) is -0.539. The predicted octanol–water partition coefficient (Wildman–Crippen LogP) is 4.13. The normalized spacial score (nSPS) is 15.8. The number of hydrogen-bond acceptors (Lipinski definition) is 6. The van der Waals surface area contributed by atoms with E-state index in [2.05, 4.69) is 22.4 Å². The third kappa shape index (κ3) is 4.54. The Morgan fingerprint density at radius 3 is 2.89 bits per heavy atom. The van der Waals surface area contributed by atoms with E-state index >= 15 is 0 Å². The van der Waals surface area contributed by atoms with Gasteiger partial charge in [-0.25, -0.2) is 4.98 Å². The standard InChI is InChI=1S/C21H20N2O3S2/c24-19(22-16-10-5-7-14-6-1-2-8-15(14)16)12-26-20(25)13-27-21-23-17-9-3-4-11-18(17)28-21/h1-4,6,8-9,11,16H,5,7,10,12-13H2,(H,22,24). The van der Waals surface area contributed by atoms with Crippen molar-refractivity contribution in [3.8, 4) is 0 Å². The number of rotatable bonds is 6. The highest BCUT2D eigenvalue weighted by molar-refractivity contribution is 8.01. The summed E-state index contributed by atoms with van der Waals surface area (Å²) < 4.78 is 7.04. The van der Waals surface area contributed by atoms with Crippen LogP contribution in [0.5, 0.6) is 0 Å². The summed E-state index contributed by atoms with van der Waals surface area (Å²) in [6.45, 7) is -0.252. The molecule has 144 valence electrons. The number of ether oxygens (including phenoxy) is 1. The van der Waals surface area contributed by atoms with Crippen LogP contribution in [0.2, 0.25) is 0 Å². The lowest BCUT2D eigenvalue weighted by atomic mass is 9.88. The van der Waals surface area contributed by atoms with Gasteiger partial charge >= 0.3 is 5.97 Å². The highest BCUT2D eigenvalue weighted by Crippen LogP contribution is 2.30. The van der Waals surface area contributed by atoms with Crippen LogP contribution in [0, 0.1) is 0 Å². The Morgan fingerprint density at radius 1 is 1.18 bits per heavy atom. The van der Waals surface area contributed by atoms with Crippen LogP contribution in [0.15, 0.2) is 52.9 Å². The van der Waals surface area contributed by atoms with Crippen molar-refractivity contribution in [1.29, 1.82) is 0 Å². The molecular weight excluding hydrogens is 392 g/mol. The summed E-state index contributed by atoms with van der Waals surface area (Å²) in [5.41, 5.74) is 3.37. The van der Waals surface area contributed by atoms with Gasteiger partial charge in [-0.15, -0.1) is 11.3 Å². The van der Waals surface area contributed by atoms with E-state index in [4.69, 9.17) is 4.74 Å². The second-order valence-corrected chi connectivity index (χ2v) is 8.86. The summed E-state index contributed by atoms with van der Waals surface area (Å²) in [6, 6.07) is 16.0. The number of fused-ring (bicyclic) bond motifs is 2. The molecule has 1 N–H and O–H groups in total. The monoisotopic (exact) mass is 412 g/mol. The van der Waals surface area contributed by atoms with Crippen LogP contribution in [0.25, 0.3) is 10.2 Å². The van der Waals surface area contributed by atoms with Crippen LogP contribution in [0.1, 0.15) is 30.0 Å². The maximum atomic E-state index is 12.2. The molecule has 0 spiro atoms. The van der Waals surface area contributed by atoms with Gasteiger partial charge in [0.25, 0.3) is 5.91 Å². The molecule has 4 rings (SSSR count). The molecule has 2 aromatic carbocycles. The molecule has 0 fully saturated rings. The average Bonchev–Trinajstić information content (AvgIpc) is 3.14. The van der Waals surface area contributed by atoms with Crippen LogP contribution in [-0.2, 0) is 20.7 Å². The van der Waals surface area contributed by atoms with Crippen molar-refractivity contribution in [2.45, 2.75) is 29.6 Å². The Kier molecular flexibility index (Phi) is 5.92. The molecule has 1 atom stereocenters. The summed E-state index contributed by atoms with van der Waals surface area (Å²) in [7, 11) is 0. The number of aryl methyl sites for hydroxylation is 1. The Bertz CT molecular complexity index is 969. The van der Waals surface area contributed by atoms with E-state index in [0.29, 0.717) is 0 Å². The topological polar surface area (TPSA) is 68.3 Å². The number of aromatic nitrogens is 1. The van der Waals surface area contributed by atoms with Crippen LogP contribution < -0.4 is 5.32 Å². The number of esters is 1. The van der Waals surface area contributed by atoms with Crippen LogP contribution in [0.4, 0.5) is 0 Å². The molecule has 1 aromatic heterocycles. The highest BCUT2D eigenvalue weighted by Gasteiger charge is 2.21. The Morgan fingerprint density at radius 2 is 2.00 bits per heavy atom. The first-order valence-corrected chi connectivity index (χ1v) is 11.0. The fourth-order valence-corrected chi connectivity index (χ4v) is 5.23. The highest BCUT2D eigenvalue weighted by atomic mass is 32.2. The van der Waals surface area contributed by atoms with Gasteiger partial charge in [0.2, 0.25) is 0 Å². The number of nitrogens with one attached hydrogen (secondary N) is 1. The minimum atomic E-state index is -0.413. The van der Waals surface area contributed by atoms with Gasteiger partial charge in [0, 0.05) is 0 Å². The molecule has 0 bridgehead atoms. The van der Waals surface area contributed by atoms with Crippen molar-refractivity contribution < 1.29 is 14.3 Å². The van der Waals surface area contributed by atoms with Crippen molar-refractivity contribution in [3.05, 3.63) is 59.7 Å². The van der Waals surface area contributed by atoms with Gasteiger partial charge in [0.05, 0.1) is 22.0 Å². The van der Waals surface area contributed by atoms with Crippen molar-refractivity contribution in [1.82, 2.24) is 10.3 Å². The third-order valence-corrected chi connectivity index (χ3v) is 6.81. The van der Waals surface area contributed by atoms with Gasteiger partial charge in [0.15, 0.2) is 10.9 Å². The number of thioether (sulfide) groups is 1. The molecule has 0 aliphatic heterocycles. The Hall–Kier alpha value is -2.38. The van der Waals surface area contributed by atoms with E-state index in [1.165, 1.54) is 22.9 Å². The average molecular weight is 413 g/mol. The molecule has 0 saturated heterocycles. The van der Waals surface area contributed by atoms with Crippen molar-refractivity contribution in [3.63, 3.8) is 0 Å². The molecule has 5 nitrogen and oxygen atoms in total. The minimum Gasteiger partial charge on any atom is -0.455 e. The summed E-state index contributed by atoms with van der Waals surface area (Å²) >= 11 is 2.88. The molecule has 28 heavy (non-hydrogen) atoms.